The van der Waals surface area contributed by atoms with Gasteiger partial charge < -0.3 is 14.6 Å². The average molecular weight is 534 g/mol. The summed E-state index contributed by atoms with van der Waals surface area (Å²) in [6, 6.07) is 2.02. The summed E-state index contributed by atoms with van der Waals surface area (Å²) < 4.78 is 16.1. The van der Waals surface area contributed by atoms with Crippen LogP contribution in [0.4, 0.5) is 0 Å². The Kier molecular flexibility index (Phi) is 7.75. The van der Waals surface area contributed by atoms with Gasteiger partial charge in [-0.15, -0.1) is 5.10 Å². The van der Waals surface area contributed by atoms with E-state index in [-0.39, 0.29) is 12.7 Å². The predicted octanol–water partition coefficient (Wildman–Crippen LogP) is 2.71. The van der Waals surface area contributed by atoms with Gasteiger partial charge in [0.1, 0.15) is 12.7 Å². The predicted molar refractivity (Wildman–Crippen MR) is 150 cm³/mol. The van der Waals surface area contributed by atoms with Gasteiger partial charge in [-0.2, -0.15) is 10.2 Å². The summed E-state index contributed by atoms with van der Waals surface area (Å²) in [5.41, 5.74) is 5.83. The Morgan fingerprint density at radius 3 is 2.92 bits per heavy atom. The molecule has 5 heterocycles. The molecule has 4 aromatic rings. The maximum atomic E-state index is 9.79. The van der Waals surface area contributed by atoms with E-state index in [2.05, 4.69) is 45.8 Å². The second kappa shape index (κ2) is 11.4. The van der Waals surface area contributed by atoms with Crippen LogP contribution < -0.4 is 9.47 Å². The zero-order chi connectivity index (χ0) is 27.5. The normalized spacial score (nSPS) is 16.8. The third kappa shape index (κ3) is 5.30. The van der Waals surface area contributed by atoms with Crippen LogP contribution in [0.15, 0.2) is 17.3 Å². The number of nitrogens with zero attached hydrogens (tertiary/aromatic N) is 8. The van der Waals surface area contributed by atoms with Crippen LogP contribution in [-0.2, 0) is 20.1 Å². The van der Waals surface area contributed by atoms with Crippen molar-refractivity contribution >= 4 is 29.8 Å². The average Bonchev–Trinajstić information content (AvgIpc) is 3.55. The fourth-order valence-electron chi connectivity index (χ4n) is 4.95. The van der Waals surface area contributed by atoms with E-state index in [9.17, 15) is 5.11 Å². The van der Waals surface area contributed by atoms with Gasteiger partial charge in [-0.3, -0.25) is 24.7 Å². The highest BCUT2D eigenvalue weighted by Crippen LogP contribution is 2.35. The smallest absolute Gasteiger partial charge is 0.240 e. The lowest BCUT2D eigenvalue weighted by Crippen LogP contribution is -2.34. The molecule has 1 aliphatic heterocycles. The molecule has 0 spiro atoms. The Morgan fingerprint density at radius 2 is 2.15 bits per heavy atom. The minimum atomic E-state index is -0.139. The Labute approximate surface area is 227 Å². The Hall–Kier alpha value is -4.03. The topological polar surface area (TPSA) is 132 Å². The van der Waals surface area contributed by atoms with Crippen molar-refractivity contribution in [2.45, 2.75) is 40.0 Å². The molecule has 2 N–H and O–H groups in total. The van der Waals surface area contributed by atoms with Gasteiger partial charge in [0, 0.05) is 25.5 Å². The fourth-order valence-corrected chi connectivity index (χ4v) is 4.95. The minimum Gasteiger partial charge on any atom is -0.474 e. The van der Waals surface area contributed by atoms with Crippen LogP contribution in [0.25, 0.3) is 34.3 Å². The van der Waals surface area contributed by atoms with Crippen LogP contribution >= 0.6 is 0 Å². The van der Waals surface area contributed by atoms with Gasteiger partial charge in [-0.25, -0.2) is 4.68 Å². The quantitative estimate of drug-likeness (QED) is 0.274. The van der Waals surface area contributed by atoms with Gasteiger partial charge in [0.15, 0.2) is 0 Å². The molecule has 0 unspecified atom stereocenters. The first kappa shape index (κ1) is 26.6. The number of fused-ring (bicyclic) bond motifs is 4. The molecule has 39 heavy (non-hydrogen) atoms. The van der Waals surface area contributed by atoms with Gasteiger partial charge in [0.25, 0.3) is 0 Å². The number of ether oxygens (including phenoxy) is 2. The standard InChI is InChI=1S/C27H35N9O3/c1-6-35-15-17(2)39-27-25(18(3)32-34(27)5)22-13-20-21(30-31-23(20)14-29-22)8-7-19-24(16-35)36(10-11-37)33-26(19)38-12-9-28-4/h7-8,13-14,17,37H,4,6,9-12,15-16H2,1-3,5H3,(H,30,31)/b8-7+/t17-/m1/s1. The highest BCUT2D eigenvalue weighted by atomic mass is 16.5. The highest BCUT2D eigenvalue weighted by molar-refractivity contribution is 5.92. The van der Waals surface area contributed by atoms with Crippen molar-refractivity contribution in [1.82, 2.24) is 39.6 Å². The van der Waals surface area contributed by atoms with Gasteiger partial charge in [0.2, 0.25) is 11.8 Å². The molecule has 4 aromatic heterocycles. The summed E-state index contributed by atoms with van der Waals surface area (Å²) in [6.07, 6.45) is 5.58. The number of aliphatic imine (C=N–C) groups is 1. The van der Waals surface area contributed by atoms with Crippen LogP contribution in [0.3, 0.4) is 0 Å². The lowest BCUT2D eigenvalue weighted by molar-refractivity contribution is 0.133. The number of aliphatic hydroxyl groups is 1. The Morgan fingerprint density at radius 1 is 1.31 bits per heavy atom. The zero-order valence-corrected chi connectivity index (χ0v) is 22.9. The van der Waals surface area contributed by atoms with Crippen LogP contribution in [0.5, 0.6) is 11.8 Å². The highest BCUT2D eigenvalue weighted by Gasteiger charge is 2.24. The Bertz CT molecular complexity index is 1500. The van der Waals surface area contributed by atoms with Gasteiger partial charge >= 0.3 is 0 Å². The number of aromatic amines is 1. The van der Waals surface area contributed by atoms with Gasteiger partial charge in [-0.05, 0) is 45.3 Å². The number of pyridine rings is 1. The molecule has 0 amide bonds. The second-order valence-corrected chi connectivity index (χ2v) is 9.61. The first-order chi connectivity index (χ1) is 18.9. The summed E-state index contributed by atoms with van der Waals surface area (Å²) in [7, 11) is 1.89. The molecule has 5 rings (SSSR count). The van der Waals surface area contributed by atoms with E-state index in [1.807, 2.05) is 36.9 Å². The number of aromatic nitrogens is 7. The summed E-state index contributed by atoms with van der Waals surface area (Å²) >= 11 is 0. The van der Waals surface area contributed by atoms with E-state index in [4.69, 9.17) is 19.6 Å². The zero-order valence-electron chi connectivity index (χ0n) is 22.9. The SMILES string of the molecule is C=NCCOc1nn(CCO)c2c1/C=C/c1n[nH]c3cnc(cc13)-c1c(C)nn(C)c1O[C@H](C)CN(CC)C2. The molecule has 0 radical (unpaired) electrons. The lowest BCUT2D eigenvalue weighted by Gasteiger charge is -2.25. The number of likely N-dealkylation sites (N-methyl/N-ethyl adjacent to an activating group) is 1. The van der Waals surface area contributed by atoms with Crippen molar-refractivity contribution in [3.63, 3.8) is 0 Å². The van der Waals surface area contributed by atoms with E-state index in [1.165, 1.54) is 0 Å². The third-order valence-electron chi connectivity index (χ3n) is 6.82. The molecule has 1 atom stereocenters. The second-order valence-electron chi connectivity index (χ2n) is 9.61. The summed E-state index contributed by atoms with van der Waals surface area (Å²) in [4.78, 5) is 10.9. The van der Waals surface area contributed by atoms with E-state index in [1.54, 1.807) is 10.9 Å². The van der Waals surface area contributed by atoms with E-state index < -0.39 is 0 Å². The first-order valence-corrected chi connectivity index (χ1v) is 13.1. The van der Waals surface area contributed by atoms with Crippen molar-refractivity contribution in [3.05, 3.63) is 34.9 Å². The largest absolute Gasteiger partial charge is 0.474 e. The number of rotatable bonds is 7. The summed E-state index contributed by atoms with van der Waals surface area (Å²) in [6.45, 7) is 12.8. The maximum Gasteiger partial charge on any atom is 0.240 e. The lowest BCUT2D eigenvalue weighted by atomic mass is 10.1. The molecule has 0 saturated heterocycles. The van der Waals surface area contributed by atoms with E-state index >= 15 is 0 Å². The Balaban J connectivity index is 1.69. The molecular weight excluding hydrogens is 498 g/mol. The van der Waals surface area contributed by atoms with Crippen molar-refractivity contribution in [2.75, 3.05) is 32.8 Å². The molecule has 0 aromatic carbocycles. The molecule has 12 heteroatoms. The number of aryl methyl sites for hydroxylation is 2. The number of H-pyrrole nitrogens is 1. The number of hydrogen-bond donors (Lipinski definition) is 2. The molecule has 0 aliphatic carbocycles. The number of hydrogen-bond acceptors (Lipinski definition) is 9. The van der Waals surface area contributed by atoms with Crippen molar-refractivity contribution in [1.29, 1.82) is 0 Å². The molecule has 0 fully saturated rings. The molecule has 1 aliphatic rings. The van der Waals surface area contributed by atoms with Gasteiger partial charge in [0.05, 0.1) is 65.3 Å². The van der Waals surface area contributed by atoms with Crippen LogP contribution in [0.1, 0.15) is 36.5 Å². The molecule has 12 nitrogen and oxygen atoms in total. The molecule has 0 saturated carbocycles. The van der Waals surface area contributed by atoms with Crippen molar-refractivity contribution in [2.24, 2.45) is 12.0 Å². The van der Waals surface area contributed by atoms with Crippen molar-refractivity contribution < 1.29 is 14.6 Å². The monoisotopic (exact) mass is 533 g/mol. The fraction of sp³-hybridized carbons (Fsp3) is 0.444. The number of nitrogens with one attached hydrogen (secondary N) is 1. The molecular formula is C27H35N9O3. The van der Waals surface area contributed by atoms with Crippen molar-refractivity contribution in [3.8, 4) is 23.0 Å². The van der Waals surface area contributed by atoms with E-state index in [0.717, 1.165) is 51.4 Å². The summed E-state index contributed by atoms with van der Waals surface area (Å²) in [5, 5.41) is 27.7. The van der Waals surface area contributed by atoms with Crippen LogP contribution in [0, 0.1) is 6.92 Å². The van der Waals surface area contributed by atoms with E-state index in [0.29, 0.717) is 44.5 Å². The molecule has 2 bridgehead atoms. The number of aliphatic hydroxyl groups excluding tert-OH is 1. The molecule has 206 valence electrons. The van der Waals surface area contributed by atoms with Gasteiger partial charge in [-0.1, -0.05) is 6.92 Å². The summed E-state index contributed by atoms with van der Waals surface area (Å²) in [5.74, 6) is 1.16. The third-order valence-corrected chi connectivity index (χ3v) is 6.82. The minimum absolute atomic E-state index is 0.0421. The van der Waals surface area contributed by atoms with Crippen LogP contribution in [-0.4, -0.2) is 90.4 Å². The first-order valence-electron chi connectivity index (χ1n) is 13.1. The van der Waals surface area contributed by atoms with Crippen LogP contribution in [0.2, 0.25) is 0 Å². The maximum absolute atomic E-state index is 9.79.